The van der Waals surface area contributed by atoms with Crippen LogP contribution < -0.4 is 10.1 Å². The van der Waals surface area contributed by atoms with E-state index in [-0.39, 0.29) is 5.91 Å². The smallest absolute Gasteiger partial charge is 0.251 e. The van der Waals surface area contributed by atoms with Gasteiger partial charge in [0.05, 0.1) is 7.11 Å². The Balaban J connectivity index is 1.94. The normalized spacial score (nSPS) is 23.4. The van der Waals surface area contributed by atoms with Gasteiger partial charge in [-0.05, 0) is 43.0 Å². The Hall–Kier alpha value is -1.51. The van der Waals surface area contributed by atoms with Crippen LogP contribution in [0.4, 0.5) is 0 Å². The molecule has 0 spiro atoms. The van der Waals surface area contributed by atoms with E-state index in [2.05, 4.69) is 12.2 Å². The summed E-state index contributed by atoms with van der Waals surface area (Å²) in [5.74, 6) is 1.52. The van der Waals surface area contributed by atoms with Crippen molar-refractivity contribution in [2.75, 3.05) is 7.11 Å². The first kappa shape index (κ1) is 12.9. The standard InChI is InChI=1S/C15H21NO2/c1-11-4-3-5-13(10-11)16-15(17)12-6-8-14(18-2)9-7-12/h6-9,11,13H,3-5,10H2,1-2H3,(H,16,17)/t11-,13+/m0/s1. The summed E-state index contributed by atoms with van der Waals surface area (Å²) in [6, 6.07) is 7.58. The van der Waals surface area contributed by atoms with Crippen LogP contribution in [0.15, 0.2) is 24.3 Å². The van der Waals surface area contributed by atoms with E-state index in [0.29, 0.717) is 11.6 Å². The molecule has 0 aliphatic heterocycles. The van der Waals surface area contributed by atoms with E-state index in [1.54, 1.807) is 19.2 Å². The Kier molecular flexibility index (Phi) is 4.24. The topological polar surface area (TPSA) is 38.3 Å². The lowest BCUT2D eigenvalue weighted by Crippen LogP contribution is -2.37. The van der Waals surface area contributed by atoms with Crippen molar-refractivity contribution in [1.29, 1.82) is 0 Å². The lowest BCUT2D eigenvalue weighted by molar-refractivity contribution is 0.0921. The zero-order valence-electron chi connectivity index (χ0n) is 11.1. The number of ether oxygens (including phenoxy) is 1. The number of hydrogen-bond acceptors (Lipinski definition) is 2. The molecule has 1 aliphatic carbocycles. The van der Waals surface area contributed by atoms with Crippen LogP contribution in [-0.2, 0) is 0 Å². The molecule has 3 heteroatoms. The molecule has 1 N–H and O–H groups in total. The number of nitrogens with one attached hydrogen (secondary N) is 1. The van der Waals surface area contributed by atoms with Crippen LogP contribution in [0, 0.1) is 5.92 Å². The Morgan fingerprint density at radius 1 is 1.28 bits per heavy atom. The highest BCUT2D eigenvalue weighted by Crippen LogP contribution is 2.23. The average Bonchev–Trinajstić information content (AvgIpc) is 2.39. The number of hydrogen-bond donors (Lipinski definition) is 1. The zero-order chi connectivity index (χ0) is 13.0. The van der Waals surface area contributed by atoms with E-state index in [1.807, 2.05) is 12.1 Å². The summed E-state index contributed by atoms with van der Waals surface area (Å²) in [4.78, 5) is 12.1. The van der Waals surface area contributed by atoms with Crippen LogP contribution >= 0.6 is 0 Å². The molecule has 2 rings (SSSR count). The molecular formula is C15H21NO2. The van der Waals surface area contributed by atoms with Crippen molar-refractivity contribution in [3.05, 3.63) is 29.8 Å². The highest BCUT2D eigenvalue weighted by Gasteiger charge is 2.20. The summed E-state index contributed by atoms with van der Waals surface area (Å²) in [7, 11) is 1.62. The van der Waals surface area contributed by atoms with Crippen molar-refractivity contribution in [3.63, 3.8) is 0 Å². The van der Waals surface area contributed by atoms with Gasteiger partial charge >= 0.3 is 0 Å². The van der Waals surface area contributed by atoms with Crippen molar-refractivity contribution in [3.8, 4) is 5.75 Å². The predicted molar refractivity (Wildman–Crippen MR) is 71.9 cm³/mol. The maximum absolute atomic E-state index is 12.1. The van der Waals surface area contributed by atoms with E-state index >= 15 is 0 Å². The average molecular weight is 247 g/mol. The van der Waals surface area contributed by atoms with E-state index < -0.39 is 0 Å². The van der Waals surface area contributed by atoms with Crippen LogP contribution in [0.25, 0.3) is 0 Å². The Morgan fingerprint density at radius 2 is 2.00 bits per heavy atom. The minimum atomic E-state index is 0.0248. The van der Waals surface area contributed by atoms with Gasteiger partial charge in [0.2, 0.25) is 0 Å². The molecule has 1 aliphatic rings. The third-order valence-corrected chi connectivity index (χ3v) is 3.62. The van der Waals surface area contributed by atoms with E-state index in [1.165, 1.54) is 12.8 Å². The van der Waals surface area contributed by atoms with E-state index in [9.17, 15) is 4.79 Å². The highest BCUT2D eigenvalue weighted by atomic mass is 16.5. The van der Waals surface area contributed by atoms with Gasteiger partial charge in [-0.2, -0.15) is 0 Å². The van der Waals surface area contributed by atoms with Gasteiger partial charge in [0.15, 0.2) is 0 Å². The number of carbonyl (C=O) groups excluding carboxylic acids is 1. The first-order valence-corrected chi connectivity index (χ1v) is 6.64. The second kappa shape index (κ2) is 5.89. The lowest BCUT2D eigenvalue weighted by Gasteiger charge is -2.27. The van der Waals surface area contributed by atoms with Crippen LogP contribution in [0.1, 0.15) is 43.0 Å². The van der Waals surface area contributed by atoms with Crippen molar-refractivity contribution < 1.29 is 9.53 Å². The van der Waals surface area contributed by atoms with Gasteiger partial charge in [-0.25, -0.2) is 0 Å². The molecule has 0 aromatic heterocycles. The van der Waals surface area contributed by atoms with E-state index in [0.717, 1.165) is 24.5 Å². The van der Waals surface area contributed by atoms with Crippen molar-refractivity contribution in [2.45, 2.75) is 38.6 Å². The van der Waals surface area contributed by atoms with Gasteiger partial charge in [0, 0.05) is 11.6 Å². The molecule has 0 radical (unpaired) electrons. The molecule has 1 amide bonds. The maximum atomic E-state index is 12.1. The third-order valence-electron chi connectivity index (χ3n) is 3.62. The highest BCUT2D eigenvalue weighted by molar-refractivity contribution is 5.94. The molecule has 1 aromatic carbocycles. The van der Waals surface area contributed by atoms with Crippen molar-refractivity contribution >= 4 is 5.91 Å². The van der Waals surface area contributed by atoms with Crippen molar-refractivity contribution in [1.82, 2.24) is 5.32 Å². The van der Waals surface area contributed by atoms with Gasteiger partial charge in [-0.15, -0.1) is 0 Å². The monoisotopic (exact) mass is 247 g/mol. The lowest BCUT2D eigenvalue weighted by atomic mass is 9.87. The Morgan fingerprint density at radius 3 is 2.61 bits per heavy atom. The molecule has 3 nitrogen and oxygen atoms in total. The Labute approximate surface area is 109 Å². The van der Waals surface area contributed by atoms with E-state index in [4.69, 9.17) is 4.74 Å². The number of rotatable bonds is 3. The second-order valence-electron chi connectivity index (χ2n) is 5.17. The molecule has 0 heterocycles. The molecule has 1 saturated carbocycles. The first-order valence-electron chi connectivity index (χ1n) is 6.64. The van der Waals surface area contributed by atoms with Gasteiger partial charge in [0.1, 0.15) is 5.75 Å². The molecule has 0 unspecified atom stereocenters. The molecule has 0 bridgehead atoms. The number of carbonyl (C=O) groups is 1. The Bertz CT molecular complexity index is 399. The SMILES string of the molecule is COc1ccc(C(=O)N[C@@H]2CCC[C@H](C)C2)cc1. The molecule has 1 aromatic rings. The number of amides is 1. The van der Waals surface area contributed by atoms with Crippen molar-refractivity contribution in [2.24, 2.45) is 5.92 Å². The number of benzene rings is 1. The van der Waals surface area contributed by atoms with Crippen LogP contribution in [0.2, 0.25) is 0 Å². The largest absolute Gasteiger partial charge is 0.497 e. The quantitative estimate of drug-likeness (QED) is 0.891. The maximum Gasteiger partial charge on any atom is 0.251 e. The fourth-order valence-corrected chi connectivity index (χ4v) is 2.58. The fourth-order valence-electron chi connectivity index (χ4n) is 2.58. The molecule has 0 saturated heterocycles. The minimum Gasteiger partial charge on any atom is -0.497 e. The summed E-state index contributed by atoms with van der Waals surface area (Å²) in [6.45, 7) is 2.26. The summed E-state index contributed by atoms with van der Waals surface area (Å²) in [5, 5.41) is 3.12. The summed E-state index contributed by atoms with van der Waals surface area (Å²) < 4.78 is 5.08. The minimum absolute atomic E-state index is 0.0248. The zero-order valence-corrected chi connectivity index (χ0v) is 11.1. The first-order chi connectivity index (χ1) is 8.69. The summed E-state index contributed by atoms with van der Waals surface area (Å²) >= 11 is 0. The fraction of sp³-hybridized carbons (Fsp3) is 0.533. The van der Waals surface area contributed by atoms with Crippen LogP contribution in [0.5, 0.6) is 5.75 Å². The van der Waals surface area contributed by atoms with Crippen LogP contribution in [0.3, 0.4) is 0 Å². The molecule has 18 heavy (non-hydrogen) atoms. The molecule has 1 fully saturated rings. The molecule has 98 valence electrons. The summed E-state index contributed by atoms with van der Waals surface area (Å²) in [5.41, 5.74) is 0.703. The number of methoxy groups -OCH3 is 1. The van der Waals surface area contributed by atoms with Gasteiger partial charge in [0.25, 0.3) is 5.91 Å². The summed E-state index contributed by atoms with van der Waals surface area (Å²) in [6.07, 6.45) is 4.71. The second-order valence-corrected chi connectivity index (χ2v) is 5.17. The molecular weight excluding hydrogens is 226 g/mol. The predicted octanol–water partition coefficient (Wildman–Crippen LogP) is 3.00. The van der Waals surface area contributed by atoms with Gasteiger partial charge in [-0.3, -0.25) is 4.79 Å². The third kappa shape index (κ3) is 3.25. The van der Waals surface area contributed by atoms with Crippen LogP contribution in [-0.4, -0.2) is 19.1 Å². The molecule has 2 atom stereocenters. The van der Waals surface area contributed by atoms with Gasteiger partial charge < -0.3 is 10.1 Å². The van der Waals surface area contributed by atoms with Gasteiger partial charge in [-0.1, -0.05) is 19.8 Å².